The molecule has 1 atom stereocenters. The molecule has 0 unspecified atom stereocenters. The Labute approximate surface area is 95.4 Å². The lowest BCUT2D eigenvalue weighted by Gasteiger charge is -2.13. The van der Waals surface area contributed by atoms with Crippen molar-refractivity contribution in [1.29, 1.82) is 0 Å². The summed E-state index contributed by atoms with van der Waals surface area (Å²) in [7, 11) is 2.00. The first-order valence-corrected chi connectivity index (χ1v) is 5.37. The fourth-order valence-corrected chi connectivity index (χ4v) is 1.56. The molecule has 0 saturated heterocycles. The van der Waals surface area contributed by atoms with E-state index in [9.17, 15) is 0 Å². The van der Waals surface area contributed by atoms with Crippen LogP contribution in [-0.4, -0.2) is 14.5 Å². The van der Waals surface area contributed by atoms with E-state index in [1.165, 1.54) is 5.56 Å². The second-order valence-corrected chi connectivity index (χ2v) is 3.84. The van der Waals surface area contributed by atoms with Crippen LogP contribution in [0.25, 0.3) is 0 Å². The van der Waals surface area contributed by atoms with E-state index >= 15 is 0 Å². The predicted molar refractivity (Wildman–Crippen MR) is 62.7 cm³/mol. The topological polar surface area (TPSA) is 42.7 Å². The summed E-state index contributed by atoms with van der Waals surface area (Å²) in [6.07, 6.45) is 7.43. The van der Waals surface area contributed by atoms with Crippen LogP contribution in [0.4, 0.5) is 0 Å². The summed E-state index contributed by atoms with van der Waals surface area (Å²) < 4.78 is 2.02. The fraction of sp³-hybridized carbons (Fsp3) is 0.333. The van der Waals surface area contributed by atoms with Gasteiger partial charge in [0.1, 0.15) is 5.82 Å². The van der Waals surface area contributed by atoms with Crippen LogP contribution in [0.3, 0.4) is 0 Å². The Morgan fingerprint density at radius 1 is 1.44 bits per heavy atom. The van der Waals surface area contributed by atoms with E-state index in [0.717, 1.165) is 12.4 Å². The van der Waals surface area contributed by atoms with E-state index in [4.69, 9.17) is 0 Å². The van der Waals surface area contributed by atoms with Crippen LogP contribution in [0, 0.1) is 0 Å². The summed E-state index contributed by atoms with van der Waals surface area (Å²) in [6.45, 7) is 2.89. The fourth-order valence-electron chi connectivity index (χ4n) is 1.56. The first-order chi connectivity index (χ1) is 7.77. The Kier molecular flexibility index (Phi) is 3.31. The van der Waals surface area contributed by atoms with Gasteiger partial charge in [-0.25, -0.2) is 4.98 Å². The molecule has 4 nitrogen and oxygen atoms in total. The van der Waals surface area contributed by atoms with Crippen LogP contribution in [0.1, 0.15) is 24.4 Å². The maximum Gasteiger partial charge on any atom is 0.122 e. The largest absolute Gasteiger partial charge is 0.337 e. The lowest BCUT2D eigenvalue weighted by Crippen LogP contribution is -2.20. The Bertz CT molecular complexity index is 435. The molecule has 16 heavy (non-hydrogen) atoms. The highest BCUT2D eigenvalue weighted by Crippen LogP contribution is 2.10. The van der Waals surface area contributed by atoms with E-state index < -0.39 is 0 Å². The molecular formula is C12H16N4. The summed E-state index contributed by atoms with van der Waals surface area (Å²) in [5.41, 5.74) is 1.19. The Balaban J connectivity index is 1.94. The van der Waals surface area contributed by atoms with Crippen LogP contribution < -0.4 is 5.32 Å². The summed E-state index contributed by atoms with van der Waals surface area (Å²) in [4.78, 5) is 8.37. The summed E-state index contributed by atoms with van der Waals surface area (Å²) >= 11 is 0. The summed E-state index contributed by atoms with van der Waals surface area (Å²) in [5, 5.41) is 3.42. The number of nitrogens with zero attached hydrogens (tertiary/aromatic N) is 3. The molecule has 1 N–H and O–H groups in total. The lowest BCUT2D eigenvalue weighted by atomic mass is 10.1. The van der Waals surface area contributed by atoms with Gasteiger partial charge in [0.2, 0.25) is 0 Å². The quantitative estimate of drug-likeness (QED) is 0.845. The third-order valence-electron chi connectivity index (χ3n) is 2.67. The van der Waals surface area contributed by atoms with Gasteiger partial charge in [0.15, 0.2) is 0 Å². The molecule has 2 rings (SSSR count). The number of hydrogen-bond acceptors (Lipinski definition) is 3. The zero-order chi connectivity index (χ0) is 11.4. The minimum absolute atomic E-state index is 0.283. The number of hydrogen-bond donors (Lipinski definition) is 1. The van der Waals surface area contributed by atoms with E-state index in [1.807, 2.05) is 36.3 Å². The van der Waals surface area contributed by atoms with Gasteiger partial charge in [0, 0.05) is 37.9 Å². The molecule has 0 saturated carbocycles. The molecule has 2 aromatic heterocycles. The van der Waals surface area contributed by atoms with Gasteiger partial charge in [0.05, 0.1) is 6.54 Å². The van der Waals surface area contributed by atoms with Crippen LogP contribution in [0.5, 0.6) is 0 Å². The summed E-state index contributed by atoms with van der Waals surface area (Å²) in [5.74, 6) is 1.04. The van der Waals surface area contributed by atoms with Crippen molar-refractivity contribution < 1.29 is 0 Å². The van der Waals surface area contributed by atoms with Crippen LogP contribution in [0.2, 0.25) is 0 Å². The van der Waals surface area contributed by atoms with E-state index in [2.05, 4.69) is 28.3 Å². The van der Waals surface area contributed by atoms with Gasteiger partial charge >= 0.3 is 0 Å². The van der Waals surface area contributed by atoms with Crippen LogP contribution in [0.15, 0.2) is 36.9 Å². The van der Waals surface area contributed by atoms with Gasteiger partial charge in [0.25, 0.3) is 0 Å². The van der Waals surface area contributed by atoms with Crippen molar-refractivity contribution in [2.75, 3.05) is 0 Å². The zero-order valence-electron chi connectivity index (χ0n) is 9.59. The maximum atomic E-state index is 4.27. The lowest BCUT2D eigenvalue weighted by molar-refractivity contribution is 0.548. The molecule has 2 aromatic rings. The number of aromatic nitrogens is 3. The SMILES string of the molecule is C[C@@H](NCc1nccn1C)c1cccnc1. The number of imidazole rings is 1. The van der Waals surface area contributed by atoms with Crippen molar-refractivity contribution in [2.45, 2.75) is 19.5 Å². The van der Waals surface area contributed by atoms with Crippen molar-refractivity contribution >= 4 is 0 Å². The molecule has 0 aliphatic rings. The molecule has 0 amide bonds. The second-order valence-electron chi connectivity index (χ2n) is 3.84. The van der Waals surface area contributed by atoms with Gasteiger partial charge in [-0.1, -0.05) is 6.07 Å². The molecule has 84 valence electrons. The monoisotopic (exact) mass is 216 g/mol. The molecule has 4 heteroatoms. The molecular weight excluding hydrogens is 200 g/mol. The number of nitrogens with one attached hydrogen (secondary N) is 1. The molecule has 0 bridgehead atoms. The van der Waals surface area contributed by atoms with Crippen molar-refractivity contribution in [3.05, 3.63) is 48.3 Å². The highest BCUT2D eigenvalue weighted by Gasteiger charge is 2.05. The van der Waals surface area contributed by atoms with Gasteiger partial charge < -0.3 is 9.88 Å². The van der Waals surface area contributed by atoms with E-state index in [-0.39, 0.29) is 6.04 Å². The number of aryl methyl sites for hydroxylation is 1. The van der Waals surface area contributed by atoms with Crippen molar-refractivity contribution in [3.8, 4) is 0 Å². The zero-order valence-corrected chi connectivity index (χ0v) is 9.59. The van der Waals surface area contributed by atoms with Gasteiger partial charge in [-0.05, 0) is 18.6 Å². The predicted octanol–water partition coefficient (Wildman–Crippen LogP) is 1.67. The maximum absolute atomic E-state index is 4.27. The van der Waals surface area contributed by atoms with Crippen molar-refractivity contribution in [1.82, 2.24) is 19.9 Å². The van der Waals surface area contributed by atoms with Crippen LogP contribution >= 0.6 is 0 Å². The van der Waals surface area contributed by atoms with Crippen molar-refractivity contribution in [3.63, 3.8) is 0 Å². The average molecular weight is 216 g/mol. The van der Waals surface area contributed by atoms with Gasteiger partial charge in [-0.2, -0.15) is 0 Å². The third-order valence-corrected chi connectivity index (χ3v) is 2.67. The Hall–Kier alpha value is -1.68. The molecule has 0 aliphatic carbocycles. The second kappa shape index (κ2) is 4.90. The molecule has 0 spiro atoms. The molecule has 0 fully saturated rings. The van der Waals surface area contributed by atoms with Gasteiger partial charge in [-0.3, -0.25) is 4.98 Å². The highest BCUT2D eigenvalue weighted by molar-refractivity contribution is 5.12. The van der Waals surface area contributed by atoms with Gasteiger partial charge in [-0.15, -0.1) is 0 Å². The number of pyridine rings is 1. The first kappa shape index (κ1) is 10.8. The van der Waals surface area contributed by atoms with E-state index in [1.54, 1.807) is 6.20 Å². The minimum atomic E-state index is 0.283. The van der Waals surface area contributed by atoms with Crippen molar-refractivity contribution in [2.24, 2.45) is 7.05 Å². The molecule has 0 aliphatic heterocycles. The average Bonchev–Trinajstić information content (AvgIpc) is 2.73. The molecule has 0 radical (unpaired) electrons. The molecule has 0 aromatic carbocycles. The standard InChI is InChI=1S/C12H16N4/c1-10(11-4-3-5-13-8-11)15-9-12-14-6-7-16(12)2/h3-8,10,15H,9H2,1-2H3/t10-/m1/s1. The Morgan fingerprint density at radius 3 is 2.94 bits per heavy atom. The summed E-state index contributed by atoms with van der Waals surface area (Å²) in [6, 6.07) is 4.31. The third kappa shape index (κ3) is 2.46. The smallest absolute Gasteiger partial charge is 0.122 e. The normalized spacial score (nSPS) is 12.6. The van der Waals surface area contributed by atoms with E-state index in [0.29, 0.717) is 0 Å². The Morgan fingerprint density at radius 2 is 2.31 bits per heavy atom. The van der Waals surface area contributed by atoms with Crippen LogP contribution in [-0.2, 0) is 13.6 Å². The minimum Gasteiger partial charge on any atom is -0.337 e. The number of rotatable bonds is 4. The highest BCUT2D eigenvalue weighted by atomic mass is 15.1. The first-order valence-electron chi connectivity index (χ1n) is 5.37. The molecule has 2 heterocycles.